The van der Waals surface area contributed by atoms with Gasteiger partial charge in [0.15, 0.2) is 5.54 Å². The molecule has 26 heavy (non-hydrogen) atoms. The van der Waals surface area contributed by atoms with Crippen molar-refractivity contribution in [3.8, 4) is 0 Å². The third-order valence-corrected chi connectivity index (χ3v) is 6.40. The average Bonchev–Trinajstić information content (AvgIpc) is 3.42. The van der Waals surface area contributed by atoms with Gasteiger partial charge in [-0.25, -0.2) is 4.79 Å². The molecule has 1 saturated heterocycles. The van der Waals surface area contributed by atoms with Crippen LogP contribution in [0.3, 0.4) is 0 Å². The number of carbonyl (C=O) groups is 2. The minimum atomic E-state index is -0.416. The van der Waals surface area contributed by atoms with Gasteiger partial charge >= 0.3 is 5.97 Å². The van der Waals surface area contributed by atoms with Gasteiger partial charge < -0.3 is 14.5 Å². The van der Waals surface area contributed by atoms with Crippen LogP contribution >= 0.6 is 0 Å². The summed E-state index contributed by atoms with van der Waals surface area (Å²) in [5, 5.41) is 3.10. The standard InChI is InChI=1S/C21H30N2O3/c1-16-10-9-11-17(19(24)26-3)18(16)22-20(25)21(12-13-21)23(2)14-7-5-4-6-8-15-23/h9-11H,4-8,12-15H2,1-3H3/p+1. The first-order valence-corrected chi connectivity index (χ1v) is 9.78. The topological polar surface area (TPSA) is 55.4 Å². The number of anilines is 1. The minimum absolute atomic E-state index is 0.0556. The molecule has 1 heterocycles. The highest BCUT2D eigenvalue weighted by Crippen LogP contribution is 2.48. The molecule has 1 saturated carbocycles. The lowest BCUT2D eigenvalue weighted by molar-refractivity contribution is -0.935. The zero-order valence-corrected chi connectivity index (χ0v) is 16.3. The molecule has 142 valence electrons. The third-order valence-electron chi connectivity index (χ3n) is 6.40. The molecule has 3 rings (SSSR count). The number of amides is 1. The van der Waals surface area contributed by atoms with Crippen molar-refractivity contribution in [1.82, 2.24) is 0 Å². The molecule has 1 aliphatic carbocycles. The summed E-state index contributed by atoms with van der Waals surface area (Å²) in [6, 6.07) is 5.44. The number of benzene rings is 1. The number of aryl methyl sites for hydroxylation is 1. The first-order valence-electron chi connectivity index (χ1n) is 9.78. The van der Waals surface area contributed by atoms with E-state index in [1.54, 1.807) is 6.07 Å². The Labute approximate surface area is 156 Å². The SMILES string of the molecule is COC(=O)c1cccc(C)c1NC(=O)C1([N+]2(C)CCCCCCC2)CC1. The number of nitrogens with zero attached hydrogens (tertiary/aromatic N) is 1. The van der Waals surface area contributed by atoms with Crippen molar-refractivity contribution in [3.63, 3.8) is 0 Å². The van der Waals surface area contributed by atoms with Gasteiger partial charge in [-0.15, -0.1) is 0 Å². The van der Waals surface area contributed by atoms with Gasteiger partial charge in [-0.2, -0.15) is 0 Å². The van der Waals surface area contributed by atoms with Crippen molar-refractivity contribution in [2.45, 2.75) is 57.4 Å². The number of para-hydroxylation sites is 1. The highest BCUT2D eigenvalue weighted by molar-refractivity contribution is 6.05. The van der Waals surface area contributed by atoms with E-state index in [2.05, 4.69) is 12.4 Å². The lowest BCUT2D eigenvalue weighted by Crippen LogP contribution is -2.60. The second kappa shape index (κ2) is 7.39. The maximum atomic E-state index is 13.3. The molecule has 5 nitrogen and oxygen atoms in total. The lowest BCUT2D eigenvalue weighted by Gasteiger charge is -2.42. The monoisotopic (exact) mass is 359 g/mol. The van der Waals surface area contributed by atoms with E-state index >= 15 is 0 Å². The molecular formula is C21H31N2O3+. The molecule has 2 aliphatic rings. The number of esters is 1. The maximum Gasteiger partial charge on any atom is 0.339 e. The molecule has 0 unspecified atom stereocenters. The molecule has 1 aromatic carbocycles. The predicted molar refractivity (Wildman–Crippen MR) is 102 cm³/mol. The summed E-state index contributed by atoms with van der Waals surface area (Å²) in [5.41, 5.74) is 1.56. The van der Waals surface area contributed by atoms with Gasteiger partial charge in [-0.3, -0.25) is 4.79 Å². The Balaban J connectivity index is 1.85. The fourth-order valence-corrected chi connectivity index (χ4v) is 4.47. The van der Waals surface area contributed by atoms with Crippen LogP contribution in [-0.2, 0) is 9.53 Å². The smallest absolute Gasteiger partial charge is 0.339 e. The molecule has 1 amide bonds. The molecule has 1 aliphatic heterocycles. The van der Waals surface area contributed by atoms with Crippen molar-refractivity contribution in [3.05, 3.63) is 29.3 Å². The normalized spacial score (nSPS) is 21.2. The van der Waals surface area contributed by atoms with E-state index in [1.165, 1.54) is 39.2 Å². The van der Waals surface area contributed by atoms with E-state index in [0.717, 1.165) is 36.0 Å². The fraction of sp³-hybridized carbons (Fsp3) is 0.619. The Kier molecular flexibility index (Phi) is 5.37. The number of hydrogen-bond donors (Lipinski definition) is 1. The van der Waals surface area contributed by atoms with Crippen LogP contribution in [0.4, 0.5) is 5.69 Å². The van der Waals surface area contributed by atoms with E-state index in [-0.39, 0.29) is 11.4 Å². The average molecular weight is 359 g/mol. The number of carbonyl (C=O) groups excluding carboxylic acids is 2. The Morgan fingerprint density at radius 2 is 1.69 bits per heavy atom. The van der Waals surface area contributed by atoms with Crippen molar-refractivity contribution < 1.29 is 18.8 Å². The van der Waals surface area contributed by atoms with E-state index in [9.17, 15) is 9.59 Å². The van der Waals surface area contributed by atoms with Crippen molar-refractivity contribution in [2.75, 3.05) is 32.6 Å². The molecule has 0 spiro atoms. The molecule has 0 radical (unpaired) electrons. The number of rotatable bonds is 4. The van der Waals surface area contributed by atoms with Gasteiger partial charge in [0.25, 0.3) is 5.91 Å². The highest BCUT2D eigenvalue weighted by atomic mass is 16.5. The number of ether oxygens (including phenoxy) is 1. The number of nitrogens with one attached hydrogen (secondary N) is 1. The van der Waals surface area contributed by atoms with E-state index in [1.807, 2.05) is 19.1 Å². The first-order chi connectivity index (χ1) is 12.4. The second-order valence-electron chi connectivity index (χ2n) is 8.09. The molecule has 2 fully saturated rings. The summed E-state index contributed by atoms with van der Waals surface area (Å²) in [6.45, 7) is 4.03. The van der Waals surface area contributed by atoms with Gasteiger partial charge in [0.05, 0.1) is 38.5 Å². The summed E-state index contributed by atoms with van der Waals surface area (Å²) >= 11 is 0. The number of methoxy groups -OCH3 is 1. The molecule has 1 aromatic rings. The molecular weight excluding hydrogens is 328 g/mol. The number of likely N-dealkylation sites (N-methyl/N-ethyl adjacent to an activating group) is 1. The Morgan fingerprint density at radius 1 is 1.08 bits per heavy atom. The summed E-state index contributed by atoms with van der Waals surface area (Å²) < 4.78 is 5.72. The van der Waals surface area contributed by atoms with Gasteiger partial charge in [-0.1, -0.05) is 18.6 Å². The van der Waals surface area contributed by atoms with Gasteiger partial charge in [0, 0.05) is 12.8 Å². The molecule has 0 bridgehead atoms. The highest BCUT2D eigenvalue weighted by Gasteiger charge is 2.63. The maximum absolute atomic E-state index is 13.3. The summed E-state index contributed by atoms with van der Waals surface area (Å²) in [5.74, 6) is -0.361. The molecule has 0 aromatic heterocycles. The van der Waals surface area contributed by atoms with Crippen LogP contribution in [0.2, 0.25) is 0 Å². The number of likely N-dealkylation sites (tertiary alicyclic amines) is 1. The van der Waals surface area contributed by atoms with E-state index < -0.39 is 5.97 Å². The first kappa shape index (κ1) is 18.9. The fourth-order valence-electron chi connectivity index (χ4n) is 4.47. The summed E-state index contributed by atoms with van der Waals surface area (Å²) in [7, 11) is 3.61. The van der Waals surface area contributed by atoms with Crippen LogP contribution in [-0.4, -0.2) is 49.1 Å². The molecule has 0 atom stereocenters. The van der Waals surface area contributed by atoms with Crippen LogP contribution in [0.5, 0.6) is 0 Å². The minimum Gasteiger partial charge on any atom is -0.465 e. The number of hydrogen-bond acceptors (Lipinski definition) is 3. The third kappa shape index (κ3) is 3.37. The van der Waals surface area contributed by atoms with Crippen LogP contribution < -0.4 is 5.32 Å². The quantitative estimate of drug-likeness (QED) is 0.659. The van der Waals surface area contributed by atoms with Crippen LogP contribution in [0.25, 0.3) is 0 Å². The van der Waals surface area contributed by atoms with Gasteiger partial charge in [0.2, 0.25) is 0 Å². The van der Waals surface area contributed by atoms with Crippen molar-refractivity contribution >= 4 is 17.6 Å². The Bertz CT molecular complexity index is 686. The van der Waals surface area contributed by atoms with Crippen LogP contribution in [0.15, 0.2) is 18.2 Å². The van der Waals surface area contributed by atoms with E-state index in [4.69, 9.17) is 4.74 Å². The van der Waals surface area contributed by atoms with Crippen LogP contribution in [0, 0.1) is 6.92 Å². The van der Waals surface area contributed by atoms with Gasteiger partial charge in [-0.05, 0) is 44.2 Å². The second-order valence-corrected chi connectivity index (χ2v) is 8.09. The Hall–Kier alpha value is -1.88. The zero-order valence-electron chi connectivity index (χ0n) is 16.3. The lowest BCUT2D eigenvalue weighted by atomic mass is 10.0. The predicted octanol–water partition coefficient (Wildman–Crippen LogP) is 3.66. The van der Waals surface area contributed by atoms with Crippen LogP contribution in [0.1, 0.15) is 60.9 Å². The molecule has 5 heteroatoms. The summed E-state index contributed by atoms with van der Waals surface area (Å²) in [4.78, 5) is 25.4. The Morgan fingerprint density at radius 3 is 2.27 bits per heavy atom. The van der Waals surface area contributed by atoms with Gasteiger partial charge in [0.1, 0.15) is 0 Å². The van der Waals surface area contributed by atoms with Crippen molar-refractivity contribution in [1.29, 1.82) is 0 Å². The largest absolute Gasteiger partial charge is 0.465 e. The zero-order chi connectivity index (χ0) is 18.8. The van der Waals surface area contributed by atoms with E-state index in [0.29, 0.717) is 11.3 Å². The molecule has 1 N–H and O–H groups in total. The number of quaternary nitrogens is 1. The van der Waals surface area contributed by atoms with Crippen molar-refractivity contribution in [2.24, 2.45) is 0 Å². The summed E-state index contributed by atoms with van der Waals surface area (Å²) in [6.07, 6.45) is 8.05.